The maximum atomic E-state index is 13.1. The normalized spacial score (nSPS) is 22.7. The molecule has 0 aliphatic carbocycles. The molecule has 1 aromatic carbocycles. The van der Waals surface area contributed by atoms with Crippen LogP contribution >= 0.6 is 0 Å². The van der Waals surface area contributed by atoms with Gasteiger partial charge >= 0.3 is 0 Å². The van der Waals surface area contributed by atoms with Crippen LogP contribution in [0.2, 0.25) is 0 Å². The van der Waals surface area contributed by atoms with Crippen molar-refractivity contribution >= 4 is 15.9 Å². The van der Waals surface area contributed by atoms with E-state index in [1.54, 1.807) is 28.6 Å². The topological polar surface area (TPSA) is 73.8 Å². The third kappa shape index (κ3) is 6.29. The van der Waals surface area contributed by atoms with Gasteiger partial charge in [0.05, 0.1) is 4.90 Å². The van der Waals surface area contributed by atoms with Crippen molar-refractivity contribution in [1.29, 1.82) is 0 Å². The van der Waals surface area contributed by atoms with Gasteiger partial charge < -0.3 is 9.80 Å². The third-order valence-electron chi connectivity index (χ3n) is 7.41. The first kappa shape index (κ1) is 25.8. The fourth-order valence-electron chi connectivity index (χ4n) is 5.44. The molecule has 1 amide bonds. The molecule has 0 radical (unpaired) electrons. The van der Waals surface area contributed by atoms with Crippen molar-refractivity contribution in [2.45, 2.75) is 50.5 Å². The standard InChI is InChI=1S/C27H38N4O3S/c1-21-18-22(2)20-31(19-21)35(33,34)26-9-7-23(8-10-26)27(32)29(3)25-12-16-30(17-13-25)15-11-24-6-4-5-14-28-24/h4-10,14,21-22,25H,11-13,15-20H2,1-3H3. The van der Waals surface area contributed by atoms with Crippen LogP contribution in [-0.4, -0.2) is 79.2 Å². The highest BCUT2D eigenvalue weighted by molar-refractivity contribution is 7.89. The first-order chi connectivity index (χ1) is 16.7. The molecule has 35 heavy (non-hydrogen) atoms. The lowest BCUT2D eigenvalue weighted by molar-refractivity contribution is 0.0643. The second kappa shape index (κ2) is 11.2. The quantitative estimate of drug-likeness (QED) is 0.584. The van der Waals surface area contributed by atoms with Gasteiger partial charge in [-0.15, -0.1) is 0 Å². The van der Waals surface area contributed by atoms with Gasteiger partial charge in [-0.05, 0) is 67.5 Å². The van der Waals surface area contributed by atoms with Gasteiger partial charge in [-0.25, -0.2) is 8.42 Å². The Morgan fingerprint density at radius 3 is 2.29 bits per heavy atom. The number of carbonyl (C=O) groups excluding carboxylic acids is 1. The predicted molar refractivity (Wildman–Crippen MR) is 138 cm³/mol. The lowest BCUT2D eigenvalue weighted by Crippen LogP contribution is -2.46. The molecule has 0 bridgehead atoms. The van der Waals surface area contributed by atoms with E-state index >= 15 is 0 Å². The largest absolute Gasteiger partial charge is 0.339 e. The minimum absolute atomic E-state index is 0.0545. The molecule has 2 fully saturated rings. The number of rotatable bonds is 7. The zero-order valence-corrected chi connectivity index (χ0v) is 22.0. The van der Waals surface area contributed by atoms with E-state index in [1.165, 1.54) is 0 Å². The second-order valence-corrected chi connectivity index (χ2v) is 12.3. The molecule has 190 valence electrons. The number of pyridine rings is 1. The van der Waals surface area contributed by atoms with Crippen LogP contribution in [-0.2, 0) is 16.4 Å². The number of hydrogen-bond acceptors (Lipinski definition) is 5. The van der Waals surface area contributed by atoms with Crippen molar-refractivity contribution in [1.82, 2.24) is 19.1 Å². The molecular weight excluding hydrogens is 460 g/mol. The van der Waals surface area contributed by atoms with E-state index < -0.39 is 10.0 Å². The van der Waals surface area contributed by atoms with Gasteiger partial charge in [-0.1, -0.05) is 19.9 Å². The molecule has 2 aromatic rings. The maximum absolute atomic E-state index is 13.1. The van der Waals surface area contributed by atoms with Gasteiger partial charge in [0.2, 0.25) is 10.0 Å². The average Bonchev–Trinajstić information content (AvgIpc) is 2.87. The van der Waals surface area contributed by atoms with Gasteiger partial charge in [0.15, 0.2) is 0 Å². The van der Waals surface area contributed by atoms with Gasteiger partial charge in [0, 0.05) is 69.7 Å². The highest BCUT2D eigenvalue weighted by Gasteiger charge is 2.32. The number of piperidine rings is 2. The Balaban J connectivity index is 1.31. The maximum Gasteiger partial charge on any atom is 0.253 e. The number of carbonyl (C=O) groups is 1. The van der Waals surface area contributed by atoms with Crippen LogP contribution in [0.25, 0.3) is 0 Å². The molecule has 2 unspecified atom stereocenters. The minimum Gasteiger partial charge on any atom is -0.339 e. The number of sulfonamides is 1. The van der Waals surface area contributed by atoms with Crippen LogP contribution in [0.1, 0.15) is 49.2 Å². The molecule has 0 N–H and O–H groups in total. The Hall–Kier alpha value is -2.29. The molecule has 7 nitrogen and oxygen atoms in total. The summed E-state index contributed by atoms with van der Waals surface area (Å²) in [7, 11) is -1.69. The van der Waals surface area contributed by atoms with E-state index in [2.05, 4.69) is 29.8 Å². The summed E-state index contributed by atoms with van der Waals surface area (Å²) in [6.07, 6.45) is 5.68. The molecule has 2 atom stereocenters. The van der Waals surface area contributed by atoms with Gasteiger partial charge in [-0.3, -0.25) is 9.78 Å². The highest BCUT2D eigenvalue weighted by atomic mass is 32.2. The summed E-state index contributed by atoms with van der Waals surface area (Å²) in [6.45, 7) is 8.19. The Labute approximate surface area is 210 Å². The fourth-order valence-corrected chi connectivity index (χ4v) is 7.12. The molecular formula is C27H38N4O3S. The number of amides is 1. The minimum atomic E-state index is -3.54. The van der Waals surface area contributed by atoms with E-state index in [-0.39, 0.29) is 16.8 Å². The summed E-state index contributed by atoms with van der Waals surface area (Å²) in [5.41, 5.74) is 1.64. The summed E-state index contributed by atoms with van der Waals surface area (Å²) < 4.78 is 27.9. The Morgan fingerprint density at radius 1 is 1.03 bits per heavy atom. The summed E-state index contributed by atoms with van der Waals surface area (Å²) in [4.78, 5) is 22.1. The summed E-state index contributed by atoms with van der Waals surface area (Å²) in [6, 6.07) is 12.7. The third-order valence-corrected chi connectivity index (χ3v) is 9.26. The highest BCUT2D eigenvalue weighted by Crippen LogP contribution is 2.27. The zero-order valence-electron chi connectivity index (χ0n) is 21.1. The number of hydrogen-bond donors (Lipinski definition) is 0. The van der Waals surface area contributed by atoms with Crippen LogP contribution in [0.15, 0.2) is 53.6 Å². The molecule has 2 aliphatic heterocycles. The molecule has 3 heterocycles. The SMILES string of the molecule is CC1CC(C)CN(S(=O)(=O)c2ccc(C(=O)N(C)C3CCN(CCc4ccccn4)CC3)cc2)C1. The molecule has 2 saturated heterocycles. The van der Waals surface area contributed by atoms with Crippen LogP contribution in [0, 0.1) is 11.8 Å². The van der Waals surface area contributed by atoms with Gasteiger partial charge in [0.1, 0.15) is 0 Å². The van der Waals surface area contributed by atoms with Crippen molar-refractivity contribution in [3.8, 4) is 0 Å². The lowest BCUT2D eigenvalue weighted by atomic mass is 9.94. The van der Waals surface area contributed by atoms with Crippen LogP contribution in [0.3, 0.4) is 0 Å². The Morgan fingerprint density at radius 2 is 1.69 bits per heavy atom. The van der Waals surface area contributed by atoms with Crippen molar-refractivity contribution in [3.63, 3.8) is 0 Å². The Kier molecular flexibility index (Phi) is 8.24. The first-order valence-electron chi connectivity index (χ1n) is 12.7. The summed E-state index contributed by atoms with van der Waals surface area (Å²) in [5.74, 6) is 0.648. The van der Waals surface area contributed by atoms with E-state index in [9.17, 15) is 13.2 Å². The van der Waals surface area contributed by atoms with Crippen LogP contribution in [0.4, 0.5) is 0 Å². The van der Waals surface area contributed by atoms with Crippen molar-refractivity contribution < 1.29 is 13.2 Å². The number of aromatic nitrogens is 1. The summed E-state index contributed by atoms with van der Waals surface area (Å²) in [5, 5.41) is 0. The second-order valence-electron chi connectivity index (χ2n) is 10.4. The molecule has 2 aliphatic rings. The van der Waals surface area contributed by atoms with E-state index in [0.717, 1.165) is 51.0 Å². The van der Waals surface area contributed by atoms with Crippen LogP contribution in [0.5, 0.6) is 0 Å². The first-order valence-corrected chi connectivity index (χ1v) is 14.2. The van der Waals surface area contributed by atoms with Crippen LogP contribution < -0.4 is 0 Å². The monoisotopic (exact) mass is 498 g/mol. The zero-order chi connectivity index (χ0) is 25.0. The van der Waals surface area contributed by atoms with E-state index in [4.69, 9.17) is 0 Å². The molecule has 0 spiro atoms. The lowest BCUT2D eigenvalue weighted by Gasteiger charge is -2.36. The van der Waals surface area contributed by atoms with Crippen molar-refractivity contribution in [2.24, 2.45) is 11.8 Å². The average molecular weight is 499 g/mol. The number of nitrogens with zero attached hydrogens (tertiary/aromatic N) is 4. The van der Waals surface area contributed by atoms with E-state index in [0.29, 0.717) is 30.5 Å². The molecule has 1 aromatic heterocycles. The molecule has 8 heteroatoms. The number of benzene rings is 1. The summed E-state index contributed by atoms with van der Waals surface area (Å²) >= 11 is 0. The van der Waals surface area contributed by atoms with Gasteiger partial charge in [0.25, 0.3) is 5.91 Å². The van der Waals surface area contributed by atoms with Crippen molar-refractivity contribution in [2.75, 3.05) is 39.8 Å². The molecule has 4 rings (SSSR count). The van der Waals surface area contributed by atoms with E-state index in [1.807, 2.05) is 30.3 Å². The smallest absolute Gasteiger partial charge is 0.253 e. The fraction of sp³-hybridized carbons (Fsp3) is 0.556. The number of likely N-dealkylation sites (tertiary alicyclic amines) is 1. The van der Waals surface area contributed by atoms with Gasteiger partial charge in [-0.2, -0.15) is 4.31 Å². The van der Waals surface area contributed by atoms with Crippen molar-refractivity contribution in [3.05, 3.63) is 59.9 Å². The molecule has 0 saturated carbocycles. The predicted octanol–water partition coefficient (Wildman–Crippen LogP) is 3.53. The Bertz CT molecular complexity index is 1070.